The quantitative estimate of drug-likeness (QED) is 0.644. The van der Waals surface area contributed by atoms with Crippen LogP contribution in [0.25, 0.3) is 11.0 Å². The number of nitrogens with zero attached hydrogens (tertiary/aromatic N) is 1. The smallest absolute Gasteiger partial charge is 0.255 e. The molecule has 1 heterocycles. The summed E-state index contributed by atoms with van der Waals surface area (Å²) in [6.07, 6.45) is 11.8. The van der Waals surface area contributed by atoms with Crippen molar-refractivity contribution in [1.82, 2.24) is 5.32 Å². The number of carbonyl (C=O) groups is 1. The zero-order chi connectivity index (χ0) is 21.9. The maximum Gasteiger partial charge on any atom is 0.255 e. The van der Waals surface area contributed by atoms with Crippen molar-refractivity contribution in [3.63, 3.8) is 0 Å². The van der Waals surface area contributed by atoms with Crippen LogP contribution in [0.1, 0.15) is 92.8 Å². The molecule has 174 valence electrons. The lowest BCUT2D eigenvalue weighted by Crippen LogP contribution is -2.26. The number of hydrogen-bond donors (Lipinski definition) is 1. The summed E-state index contributed by atoms with van der Waals surface area (Å²) in [5, 5.41) is 3.44. The minimum Gasteiger partial charge on any atom is -0.460 e. The summed E-state index contributed by atoms with van der Waals surface area (Å²) in [6.45, 7) is 1.77. The highest BCUT2D eigenvalue weighted by Crippen LogP contribution is 2.40. The van der Waals surface area contributed by atoms with Gasteiger partial charge in [0, 0.05) is 25.5 Å². The number of fused-ring (bicyclic) bond motifs is 1. The van der Waals surface area contributed by atoms with Crippen molar-refractivity contribution in [2.45, 2.75) is 78.1 Å². The van der Waals surface area contributed by atoms with Crippen molar-refractivity contribution in [3.8, 4) is 0 Å². The van der Waals surface area contributed by atoms with Crippen LogP contribution in [0.15, 0.2) is 16.5 Å². The first-order valence-corrected chi connectivity index (χ1v) is 12.8. The van der Waals surface area contributed by atoms with Crippen LogP contribution in [-0.4, -0.2) is 34.7 Å². The van der Waals surface area contributed by atoms with E-state index in [2.05, 4.69) is 5.32 Å². The molecule has 0 radical (unpaired) electrons. The van der Waals surface area contributed by atoms with Gasteiger partial charge in [-0.25, -0.2) is 8.42 Å². The first-order chi connectivity index (χ1) is 14.2. The van der Waals surface area contributed by atoms with Crippen molar-refractivity contribution in [2.75, 3.05) is 24.7 Å². The molecular weight excluding hydrogens is 412 g/mol. The monoisotopic (exact) mass is 450 g/mol. The Hall–Kier alpha value is -2.02. The average molecular weight is 451 g/mol. The molecule has 1 aromatic carbocycles. The van der Waals surface area contributed by atoms with Crippen LogP contribution >= 0.6 is 0 Å². The van der Waals surface area contributed by atoms with Gasteiger partial charge in [0.15, 0.2) is 0 Å². The summed E-state index contributed by atoms with van der Waals surface area (Å²) in [6, 6.07) is 3.80. The second-order valence-corrected chi connectivity index (χ2v) is 10.5. The van der Waals surface area contributed by atoms with E-state index in [9.17, 15) is 13.2 Å². The fourth-order valence-corrected chi connectivity index (χ4v) is 5.09. The molecule has 0 unspecified atom stereocenters. The van der Waals surface area contributed by atoms with Gasteiger partial charge in [0.05, 0.1) is 17.5 Å². The zero-order valence-electron chi connectivity index (χ0n) is 18.6. The summed E-state index contributed by atoms with van der Waals surface area (Å²) in [5.74, 6) is 0.618. The van der Waals surface area contributed by atoms with Gasteiger partial charge in [-0.05, 0) is 37.3 Å². The maximum atomic E-state index is 12.5. The lowest BCUT2D eigenvalue weighted by molar-refractivity contribution is 0.0963. The fourth-order valence-electron chi connectivity index (χ4n) is 4.58. The molecule has 31 heavy (non-hydrogen) atoms. The SMILES string of the molecule is C.CNC(=O)c1c(C)oc2cc(N(C)S(C)(=O)=O)c(C3CCCCCCCCC3)cc12. The van der Waals surface area contributed by atoms with Crippen molar-refractivity contribution in [2.24, 2.45) is 0 Å². The van der Waals surface area contributed by atoms with Gasteiger partial charge in [0.1, 0.15) is 11.3 Å². The lowest BCUT2D eigenvalue weighted by Gasteiger charge is -2.26. The van der Waals surface area contributed by atoms with E-state index in [4.69, 9.17) is 4.42 Å². The third-order valence-electron chi connectivity index (χ3n) is 6.35. The van der Waals surface area contributed by atoms with Crippen LogP contribution in [0, 0.1) is 6.92 Å². The molecule has 0 atom stereocenters. The second kappa shape index (κ2) is 10.5. The van der Waals surface area contributed by atoms with Gasteiger partial charge in [0.2, 0.25) is 10.0 Å². The molecule has 1 aromatic heterocycles. The van der Waals surface area contributed by atoms with E-state index in [0.29, 0.717) is 22.6 Å². The van der Waals surface area contributed by atoms with Crippen molar-refractivity contribution < 1.29 is 17.6 Å². The van der Waals surface area contributed by atoms with Gasteiger partial charge < -0.3 is 9.73 Å². The Morgan fingerprint density at radius 2 is 1.61 bits per heavy atom. The van der Waals surface area contributed by atoms with Crippen LogP contribution in [0.5, 0.6) is 0 Å². The maximum absolute atomic E-state index is 12.5. The van der Waals surface area contributed by atoms with E-state index in [1.165, 1.54) is 42.7 Å². The summed E-state index contributed by atoms with van der Waals surface area (Å²) >= 11 is 0. The van der Waals surface area contributed by atoms with Gasteiger partial charge in [-0.1, -0.05) is 52.4 Å². The van der Waals surface area contributed by atoms with Crippen molar-refractivity contribution >= 4 is 32.6 Å². The van der Waals surface area contributed by atoms with Crippen molar-refractivity contribution in [1.29, 1.82) is 0 Å². The lowest BCUT2D eigenvalue weighted by atomic mass is 9.85. The topological polar surface area (TPSA) is 79.6 Å². The normalized spacial score (nSPS) is 16.5. The molecule has 1 amide bonds. The Labute approximate surface area is 187 Å². The molecule has 7 heteroatoms. The highest BCUT2D eigenvalue weighted by atomic mass is 32.2. The average Bonchev–Trinajstić information content (AvgIpc) is 3.03. The van der Waals surface area contributed by atoms with E-state index in [-0.39, 0.29) is 19.3 Å². The number of anilines is 1. The van der Waals surface area contributed by atoms with Gasteiger partial charge in [-0.15, -0.1) is 0 Å². The number of sulfonamides is 1. The summed E-state index contributed by atoms with van der Waals surface area (Å²) in [5.41, 5.74) is 2.73. The van der Waals surface area contributed by atoms with Gasteiger partial charge >= 0.3 is 0 Å². The Bertz CT molecular complexity index is 1000. The Morgan fingerprint density at radius 3 is 2.13 bits per heavy atom. The molecule has 0 bridgehead atoms. The highest BCUT2D eigenvalue weighted by molar-refractivity contribution is 7.92. The third-order valence-corrected chi connectivity index (χ3v) is 7.54. The van der Waals surface area contributed by atoms with Crippen LogP contribution in [0.4, 0.5) is 5.69 Å². The van der Waals surface area contributed by atoms with Crippen LogP contribution in [-0.2, 0) is 10.0 Å². The molecular formula is C24H38N2O4S. The molecule has 1 aliphatic carbocycles. The number of amides is 1. The number of carbonyl (C=O) groups excluding carboxylic acids is 1. The van der Waals surface area contributed by atoms with Gasteiger partial charge in [-0.3, -0.25) is 9.10 Å². The minimum absolute atomic E-state index is 0. The zero-order valence-corrected chi connectivity index (χ0v) is 19.4. The molecule has 1 saturated carbocycles. The molecule has 0 saturated heterocycles. The van der Waals surface area contributed by atoms with Gasteiger partial charge in [0.25, 0.3) is 5.91 Å². The fraction of sp³-hybridized carbons (Fsp3) is 0.625. The summed E-state index contributed by atoms with van der Waals surface area (Å²) < 4.78 is 32.0. The molecule has 1 N–H and O–H groups in total. The van der Waals surface area contributed by atoms with Crippen LogP contribution in [0.3, 0.4) is 0 Å². The highest BCUT2D eigenvalue weighted by Gasteiger charge is 2.26. The Kier molecular flexibility index (Phi) is 8.57. The van der Waals surface area contributed by atoms with E-state index >= 15 is 0 Å². The van der Waals surface area contributed by atoms with E-state index in [1.54, 1.807) is 27.1 Å². The third kappa shape index (κ3) is 5.62. The Balaban J connectivity index is 0.00000341. The van der Waals surface area contributed by atoms with E-state index in [1.807, 2.05) is 6.07 Å². The van der Waals surface area contributed by atoms with E-state index in [0.717, 1.165) is 36.6 Å². The summed E-state index contributed by atoms with van der Waals surface area (Å²) in [7, 11) is -0.228. The number of rotatable bonds is 4. The van der Waals surface area contributed by atoms with E-state index < -0.39 is 10.0 Å². The first kappa shape index (κ1) is 25.2. The van der Waals surface area contributed by atoms with Crippen LogP contribution < -0.4 is 9.62 Å². The summed E-state index contributed by atoms with van der Waals surface area (Å²) in [4.78, 5) is 12.5. The number of aryl methyl sites for hydroxylation is 1. The second-order valence-electron chi connectivity index (χ2n) is 8.50. The molecule has 3 rings (SSSR count). The molecule has 6 nitrogen and oxygen atoms in total. The number of benzene rings is 1. The van der Waals surface area contributed by atoms with Gasteiger partial charge in [-0.2, -0.15) is 0 Å². The standard InChI is InChI=1S/C23H34N2O4S.CH4/c1-16-22(23(26)24-2)19-14-18(17-12-10-8-6-5-7-9-11-13-17)20(15-21(19)29-16)25(3)30(4,27)28;/h14-15,17H,5-13H2,1-4H3,(H,24,26);1H4. The first-order valence-electron chi connectivity index (χ1n) is 11.0. The number of nitrogens with one attached hydrogen (secondary N) is 1. The molecule has 1 aliphatic rings. The largest absolute Gasteiger partial charge is 0.460 e. The molecule has 0 spiro atoms. The van der Waals surface area contributed by atoms with Crippen LogP contribution in [0.2, 0.25) is 0 Å². The molecule has 1 fully saturated rings. The Morgan fingerprint density at radius 1 is 1.06 bits per heavy atom. The number of furan rings is 1. The predicted octanol–water partition coefficient (Wildman–Crippen LogP) is 5.74. The molecule has 2 aromatic rings. The number of hydrogen-bond acceptors (Lipinski definition) is 4. The molecule has 0 aliphatic heterocycles. The predicted molar refractivity (Wildman–Crippen MR) is 129 cm³/mol. The van der Waals surface area contributed by atoms with Crippen molar-refractivity contribution in [3.05, 3.63) is 29.0 Å². The minimum atomic E-state index is -3.43.